The van der Waals surface area contributed by atoms with Gasteiger partial charge in [0.1, 0.15) is 11.5 Å². The normalized spacial score (nSPS) is 23.3. The summed E-state index contributed by atoms with van der Waals surface area (Å²) >= 11 is 0. The fourth-order valence-electron chi connectivity index (χ4n) is 3.72. The SMILES string of the molecule is O=C1C[C@]2(CCc3cccc(O)c32)c2ccccc2O1. The van der Waals surface area contributed by atoms with Crippen LogP contribution in [0.25, 0.3) is 0 Å². The molecule has 100 valence electrons. The first-order valence-corrected chi connectivity index (χ1v) is 6.82. The summed E-state index contributed by atoms with van der Waals surface area (Å²) in [5.74, 6) is 0.684. The highest BCUT2D eigenvalue weighted by atomic mass is 16.5. The van der Waals surface area contributed by atoms with E-state index in [1.807, 2.05) is 36.4 Å². The average molecular weight is 266 g/mol. The zero-order chi connectivity index (χ0) is 13.7. The molecule has 2 aliphatic rings. The van der Waals surface area contributed by atoms with Crippen LogP contribution in [0.1, 0.15) is 29.5 Å². The number of esters is 1. The van der Waals surface area contributed by atoms with E-state index < -0.39 is 5.41 Å². The lowest BCUT2D eigenvalue weighted by Crippen LogP contribution is -2.35. The summed E-state index contributed by atoms with van der Waals surface area (Å²) in [4.78, 5) is 12.0. The van der Waals surface area contributed by atoms with E-state index in [4.69, 9.17) is 4.74 Å². The van der Waals surface area contributed by atoms with Crippen molar-refractivity contribution >= 4 is 5.97 Å². The van der Waals surface area contributed by atoms with Crippen molar-refractivity contribution in [2.75, 3.05) is 0 Å². The third-order valence-electron chi connectivity index (χ3n) is 4.50. The Balaban J connectivity index is 2.03. The van der Waals surface area contributed by atoms with Crippen molar-refractivity contribution in [1.82, 2.24) is 0 Å². The average Bonchev–Trinajstić information content (AvgIpc) is 2.80. The molecular weight excluding hydrogens is 252 g/mol. The van der Waals surface area contributed by atoms with E-state index >= 15 is 0 Å². The summed E-state index contributed by atoms with van der Waals surface area (Å²) in [7, 11) is 0. The second-order valence-electron chi connectivity index (χ2n) is 5.54. The zero-order valence-electron chi connectivity index (χ0n) is 10.9. The topological polar surface area (TPSA) is 46.5 Å². The second-order valence-corrected chi connectivity index (χ2v) is 5.54. The molecule has 0 amide bonds. The number of fused-ring (bicyclic) bond motifs is 4. The molecule has 20 heavy (non-hydrogen) atoms. The molecule has 1 aliphatic heterocycles. The minimum Gasteiger partial charge on any atom is -0.508 e. The maximum atomic E-state index is 12.0. The Morgan fingerprint density at radius 1 is 1.10 bits per heavy atom. The summed E-state index contributed by atoms with van der Waals surface area (Å²) in [5.41, 5.74) is 2.63. The Bertz CT molecular complexity index is 720. The molecule has 0 unspecified atom stereocenters. The quantitative estimate of drug-likeness (QED) is 0.589. The Labute approximate surface area is 116 Å². The first-order chi connectivity index (χ1) is 9.71. The maximum absolute atomic E-state index is 12.0. The van der Waals surface area contributed by atoms with Crippen LogP contribution in [0.2, 0.25) is 0 Å². The maximum Gasteiger partial charge on any atom is 0.312 e. The Morgan fingerprint density at radius 3 is 2.85 bits per heavy atom. The number of carbonyl (C=O) groups is 1. The van der Waals surface area contributed by atoms with Gasteiger partial charge in [-0.15, -0.1) is 0 Å². The molecule has 3 heteroatoms. The van der Waals surface area contributed by atoms with Crippen LogP contribution in [0.15, 0.2) is 42.5 Å². The molecular formula is C17H14O3. The van der Waals surface area contributed by atoms with Crippen molar-refractivity contribution in [2.45, 2.75) is 24.7 Å². The van der Waals surface area contributed by atoms with Gasteiger partial charge in [0.05, 0.1) is 6.42 Å². The minimum absolute atomic E-state index is 0.222. The largest absolute Gasteiger partial charge is 0.508 e. The van der Waals surface area contributed by atoms with Gasteiger partial charge in [0, 0.05) is 16.5 Å². The predicted molar refractivity (Wildman–Crippen MR) is 73.9 cm³/mol. The van der Waals surface area contributed by atoms with Gasteiger partial charge < -0.3 is 9.84 Å². The molecule has 0 bridgehead atoms. The molecule has 1 atom stereocenters. The van der Waals surface area contributed by atoms with Gasteiger partial charge in [-0.05, 0) is 30.5 Å². The van der Waals surface area contributed by atoms with Crippen molar-refractivity contribution in [2.24, 2.45) is 0 Å². The van der Waals surface area contributed by atoms with Gasteiger partial charge in [0.25, 0.3) is 0 Å². The molecule has 0 radical (unpaired) electrons. The molecule has 2 aromatic rings. The molecule has 0 aromatic heterocycles. The number of ether oxygens (including phenoxy) is 1. The molecule has 0 saturated carbocycles. The van der Waals surface area contributed by atoms with Crippen LogP contribution < -0.4 is 4.74 Å². The molecule has 1 aliphatic carbocycles. The standard InChI is InChI=1S/C17H14O3/c18-13-6-3-4-11-8-9-17(16(11)13)10-15(19)20-14-7-2-1-5-12(14)17/h1-7,18H,8-10H2/t17-/m1/s1. The Morgan fingerprint density at radius 2 is 1.95 bits per heavy atom. The van der Waals surface area contributed by atoms with Crippen LogP contribution in [-0.4, -0.2) is 11.1 Å². The summed E-state index contributed by atoms with van der Waals surface area (Å²) in [5, 5.41) is 10.3. The van der Waals surface area contributed by atoms with E-state index in [0.29, 0.717) is 12.2 Å². The smallest absolute Gasteiger partial charge is 0.312 e. The molecule has 1 N–H and O–H groups in total. The molecule has 1 heterocycles. The van der Waals surface area contributed by atoms with Gasteiger partial charge >= 0.3 is 5.97 Å². The van der Waals surface area contributed by atoms with Crippen molar-refractivity contribution < 1.29 is 14.6 Å². The molecule has 1 spiro atoms. The molecule has 0 saturated heterocycles. The van der Waals surface area contributed by atoms with Crippen molar-refractivity contribution in [3.8, 4) is 11.5 Å². The highest BCUT2D eigenvalue weighted by Gasteiger charge is 2.48. The summed E-state index contributed by atoms with van der Waals surface area (Å²) < 4.78 is 5.35. The van der Waals surface area contributed by atoms with E-state index in [1.165, 1.54) is 0 Å². The fraction of sp³-hybridized carbons (Fsp3) is 0.235. The molecule has 3 nitrogen and oxygen atoms in total. The number of phenols is 1. The van der Waals surface area contributed by atoms with Crippen molar-refractivity contribution in [3.05, 3.63) is 59.2 Å². The minimum atomic E-state index is -0.424. The van der Waals surface area contributed by atoms with Crippen LogP contribution in [0, 0.1) is 0 Å². The molecule has 0 fully saturated rings. The number of aromatic hydroxyl groups is 1. The zero-order valence-corrected chi connectivity index (χ0v) is 10.9. The number of rotatable bonds is 0. The van der Waals surface area contributed by atoms with E-state index in [-0.39, 0.29) is 11.7 Å². The van der Waals surface area contributed by atoms with E-state index in [9.17, 15) is 9.90 Å². The highest BCUT2D eigenvalue weighted by Crippen LogP contribution is 2.54. The van der Waals surface area contributed by atoms with Crippen LogP contribution >= 0.6 is 0 Å². The number of para-hydroxylation sites is 1. The van der Waals surface area contributed by atoms with E-state index in [0.717, 1.165) is 29.5 Å². The third-order valence-corrected chi connectivity index (χ3v) is 4.50. The number of hydrogen-bond acceptors (Lipinski definition) is 3. The molecule has 4 rings (SSSR count). The van der Waals surface area contributed by atoms with Crippen LogP contribution in [0.3, 0.4) is 0 Å². The number of carbonyl (C=O) groups excluding carboxylic acids is 1. The number of benzene rings is 2. The first kappa shape index (κ1) is 11.5. The highest BCUT2D eigenvalue weighted by molar-refractivity contribution is 5.80. The lowest BCUT2D eigenvalue weighted by atomic mass is 9.71. The number of phenolic OH excluding ortho intramolecular Hbond substituents is 1. The summed E-state index contributed by atoms with van der Waals surface area (Å²) in [6.07, 6.45) is 2.02. The van der Waals surface area contributed by atoms with Crippen LogP contribution in [-0.2, 0) is 16.6 Å². The predicted octanol–water partition coefficient (Wildman–Crippen LogP) is 2.93. The van der Waals surface area contributed by atoms with Crippen molar-refractivity contribution in [1.29, 1.82) is 0 Å². The summed E-state index contributed by atoms with van der Waals surface area (Å²) in [6.45, 7) is 0. The first-order valence-electron chi connectivity index (χ1n) is 6.82. The second kappa shape index (κ2) is 3.85. The van der Waals surface area contributed by atoms with Gasteiger partial charge in [-0.1, -0.05) is 30.3 Å². The van der Waals surface area contributed by atoms with Gasteiger partial charge in [-0.3, -0.25) is 4.79 Å². The third kappa shape index (κ3) is 1.38. The Kier molecular flexibility index (Phi) is 2.22. The van der Waals surface area contributed by atoms with E-state index in [2.05, 4.69) is 0 Å². The van der Waals surface area contributed by atoms with Crippen LogP contribution in [0.5, 0.6) is 11.5 Å². The Hall–Kier alpha value is -2.29. The van der Waals surface area contributed by atoms with Gasteiger partial charge in [-0.25, -0.2) is 0 Å². The lowest BCUT2D eigenvalue weighted by molar-refractivity contribution is -0.136. The van der Waals surface area contributed by atoms with Gasteiger partial charge in [-0.2, -0.15) is 0 Å². The number of aryl methyl sites for hydroxylation is 1. The lowest BCUT2D eigenvalue weighted by Gasteiger charge is -2.35. The monoisotopic (exact) mass is 266 g/mol. The summed E-state index contributed by atoms with van der Waals surface area (Å²) in [6, 6.07) is 13.3. The van der Waals surface area contributed by atoms with Crippen molar-refractivity contribution in [3.63, 3.8) is 0 Å². The fourth-order valence-corrected chi connectivity index (χ4v) is 3.72. The number of hydrogen-bond donors (Lipinski definition) is 1. The van der Waals surface area contributed by atoms with Gasteiger partial charge in [0.15, 0.2) is 0 Å². The molecule has 2 aromatic carbocycles. The van der Waals surface area contributed by atoms with E-state index in [1.54, 1.807) is 6.07 Å². The van der Waals surface area contributed by atoms with Crippen LogP contribution in [0.4, 0.5) is 0 Å². The van der Waals surface area contributed by atoms with Gasteiger partial charge in [0.2, 0.25) is 0 Å².